The number of nitrogens with zero attached hydrogens (tertiary/aromatic N) is 3. The van der Waals surface area contributed by atoms with Gasteiger partial charge in [0.25, 0.3) is 5.91 Å². The van der Waals surface area contributed by atoms with Gasteiger partial charge in [-0.2, -0.15) is 5.10 Å². The largest absolute Gasteiger partial charge is 0.337 e. The van der Waals surface area contributed by atoms with Gasteiger partial charge in [-0.1, -0.05) is 29.8 Å². The topological polar surface area (TPSA) is 50.2 Å². The second-order valence-corrected chi connectivity index (χ2v) is 6.30. The first kappa shape index (κ1) is 18.8. The minimum absolute atomic E-state index is 0. The molecule has 1 aromatic heterocycles. The first-order chi connectivity index (χ1) is 11.2. The molecule has 0 saturated carbocycles. The average Bonchev–Trinajstić information content (AvgIpc) is 3.05. The minimum Gasteiger partial charge on any atom is -0.337 e. The van der Waals surface area contributed by atoms with Crippen molar-refractivity contribution >= 4 is 29.9 Å². The fourth-order valence-electron chi connectivity index (χ4n) is 2.94. The summed E-state index contributed by atoms with van der Waals surface area (Å²) in [6.45, 7) is 2.13. The SMILES string of the molecule is CNC1CCCN(C(=O)c2cnn(Cc3ccccc3Cl)c2)C1.Cl. The maximum Gasteiger partial charge on any atom is 0.257 e. The highest BCUT2D eigenvalue weighted by Crippen LogP contribution is 2.17. The number of carbonyl (C=O) groups excluding carboxylic acids is 1. The molecule has 130 valence electrons. The lowest BCUT2D eigenvalue weighted by atomic mass is 10.1. The predicted molar refractivity (Wildman–Crippen MR) is 98.0 cm³/mol. The Balaban J connectivity index is 0.00000208. The predicted octanol–water partition coefficient (Wildman–Crippen LogP) is 2.83. The van der Waals surface area contributed by atoms with E-state index in [1.54, 1.807) is 17.1 Å². The van der Waals surface area contributed by atoms with Crippen molar-refractivity contribution in [2.45, 2.75) is 25.4 Å². The minimum atomic E-state index is 0. The number of hydrogen-bond acceptors (Lipinski definition) is 3. The zero-order chi connectivity index (χ0) is 16.2. The Kier molecular flexibility index (Phi) is 6.66. The number of likely N-dealkylation sites (N-methyl/N-ethyl adjacent to an activating group) is 1. The van der Waals surface area contributed by atoms with E-state index in [4.69, 9.17) is 11.6 Å². The molecule has 1 atom stereocenters. The third-order valence-corrected chi connectivity index (χ3v) is 4.66. The van der Waals surface area contributed by atoms with Gasteiger partial charge in [-0.3, -0.25) is 9.48 Å². The molecule has 0 bridgehead atoms. The molecule has 24 heavy (non-hydrogen) atoms. The molecule has 3 rings (SSSR count). The average molecular weight is 369 g/mol. The van der Waals surface area contributed by atoms with E-state index in [2.05, 4.69) is 10.4 Å². The molecular formula is C17H22Cl2N4O. The highest BCUT2D eigenvalue weighted by Gasteiger charge is 2.24. The highest BCUT2D eigenvalue weighted by molar-refractivity contribution is 6.31. The summed E-state index contributed by atoms with van der Waals surface area (Å²) in [6, 6.07) is 8.05. The van der Waals surface area contributed by atoms with Gasteiger partial charge in [0.2, 0.25) is 0 Å². The number of benzene rings is 1. The van der Waals surface area contributed by atoms with E-state index in [9.17, 15) is 4.79 Å². The molecule has 1 aromatic carbocycles. The van der Waals surface area contributed by atoms with Gasteiger partial charge in [0, 0.05) is 30.4 Å². The zero-order valence-electron chi connectivity index (χ0n) is 13.6. The van der Waals surface area contributed by atoms with Gasteiger partial charge in [-0.05, 0) is 31.5 Å². The smallest absolute Gasteiger partial charge is 0.257 e. The first-order valence-corrected chi connectivity index (χ1v) is 8.27. The molecule has 0 spiro atoms. The molecule has 2 aromatic rings. The van der Waals surface area contributed by atoms with Crippen LogP contribution in [-0.4, -0.2) is 46.8 Å². The number of piperidine rings is 1. The lowest BCUT2D eigenvalue weighted by Gasteiger charge is -2.32. The van der Waals surface area contributed by atoms with E-state index in [0.717, 1.165) is 31.5 Å². The number of likely N-dealkylation sites (tertiary alicyclic amines) is 1. The van der Waals surface area contributed by atoms with Crippen molar-refractivity contribution in [3.63, 3.8) is 0 Å². The van der Waals surface area contributed by atoms with E-state index in [0.29, 0.717) is 23.2 Å². The number of carbonyl (C=O) groups is 1. The van der Waals surface area contributed by atoms with Gasteiger partial charge in [0.05, 0.1) is 18.3 Å². The van der Waals surface area contributed by atoms with Gasteiger partial charge in [0.15, 0.2) is 0 Å². The molecule has 7 heteroatoms. The van der Waals surface area contributed by atoms with Gasteiger partial charge in [-0.25, -0.2) is 0 Å². The molecular weight excluding hydrogens is 347 g/mol. The summed E-state index contributed by atoms with van der Waals surface area (Å²) in [5.74, 6) is 0.0513. The number of rotatable bonds is 4. The van der Waals surface area contributed by atoms with E-state index in [1.807, 2.05) is 36.2 Å². The summed E-state index contributed by atoms with van der Waals surface area (Å²) < 4.78 is 1.76. The number of amides is 1. The van der Waals surface area contributed by atoms with Crippen molar-refractivity contribution in [3.05, 3.63) is 52.8 Å². The molecule has 1 aliphatic heterocycles. The summed E-state index contributed by atoms with van der Waals surface area (Å²) in [6.07, 6.45) is 5.59. The number of nitrogens with one attached hydrogen (secondary N) is 1. The lowest BCUT2D eigenvalue weighted by Crippen LogP contribution is -2.46. The fraction of sp³-hybridized carbons (Fsp3) is 0.412. The van der Waals surface area contributed by atoms with Gasteiger partial charge < -0.3 is 10.2 Å². The molecule has 1 unspecified atom stereocenters. The van der Waals surface area contributed by atoms with Crippen LogP contribution in [0.4, 0.5) is 0 Å². The third kappa shape index (κ3) is 4.29. The Hall–Kier alpha value is -1.56. The van der Waals surface area contributed by atoms with Crippen molar-refractivity contribution in [2.75, 3.05) is 20.1 Å². The van der Waals surface area contributed by atoms with Crippen LogP contribution in [0, 0.1) is 0 Å². The van der Waals surface area contributed by atoms with Crippen LogP contribution in [0.5, 0.6) is 0 Å². The van der Waals surface area contributed by atoms with Crippen molar-refractivity contribution < 1.29 is 4.79 Å². The standard InChI is InChI=1S/C17H21ClN4O.ClH/c1-19-15-6-4-8-21(12-15)17(23)14-9-20-22(11-14)10-13-5-2-3-7-16(13)18;/h2-3,5,7,9,11,15,19H,4,6,8,10,12H2,1H3;1H. The van der Waals surface area contributed by atoms with Crippen LogP contribution >= 0.6 is 24.0 Å². The summed E-state index contributed by atoms with van der Waals surface area (Å²) in [7, 11) is 1.94. The van der Waals surface area contributed by atoms with Crippen LogP contribution < -0.4 is 5.32 Å². The molecule has 1 aliphatic rings. The molecule has 0 aliphatic carbocycles. The van der Waals surface area contributed by atoms with Crippen molar-refractivity contribution in [2.24, 2.45) is 0 Å². The van der Waals surface area contributed by atoms with Gasteiger partial charge >= 0.3 is 0 Å². The number of aromatic nitrogens is 2. The second-order valence-electron chi connectivity index (χ2n) is 5.90. The normalized spacial score (nSPS) is 17.4. The van der Waals surface area contributed by atoms with Gasteiger partial charge in [0.1, 0.15) is 0 Å². The summed E-state index contributed by atoms with van der Waals surface area (Å²) >= 11 is 6.17. The van der Waals surface area contributed by atoms with E-state index in [1.165, 1.54) is 0 Å². The quantitative estimate of drug-likeness (QED) is 0.902. The van der Waals surface area contributed by atoms with Crippen LogP contribution in [0.2, 0.25) is 5.02 Å². The first-order valence-electron chi connectivity index (χ1n) is 7.90. The highest BCUT2D eigenvalue weighted by atomic mass is 35.5. The number of hydrogen-bond donors (Lipinski definition) is 1. The maximum absolute atomic E-state index is 12.6. The van der Waals surface area contributed by atoms with Crippen molar-refractivity contribution in [1.82, 2.24) is 20.0 Å². The van der Waals surface area contributed by atoms with Gasteiger partial charge in [-0.15, -0.1) is 12.4 Å². The third-order valence-electron chi connectivity index (χ3n) is 4.29. The summed E-state index contributed by atoms with van der Waals surface area (Å²) in [5.41, 5.74) is 1.62. The molecule has 1 N–H and O–H groups in total. The van der Waals surface area contributed by atoms with Crippen molar-refractivity contribution in [3.8, 4) is 0 Å². The van der Waals surface area contributed by atoms with Crippen LogP contribution in [0.15, 0.2) is 36.7 Å². The van der Waals surface area contributed by atoms with Crippen LogP contribution in [0.1, 0.15) is 28.8 Å². The summed E-state index contributed by atoms with van der Waals surface area (Å²) in [4.78, 5) is 14.5. The molecule has 2 heterocycles. The molecule has 1 saturated heterocycles. The zero-order valence-corrected chi connectivity index (χ0v) is 15.2. The van der Waals surface area contributed by atoms with Crippen LogP contribution in [0.25, 0.3) is 0 Å². The Morgan fingerprint density at radius 2 is 2.21 bits per heavy atom. The fourth-order valence-corrected chi connectivity index (χ4v) is 3.14. The van der Waals surface area contributed by atoms with E-state index < -0.39 is 0 Å². The second kappa shape index (κ2) is 8.51. The van der Waals surface area contributed by atoms with E-state index in [-0.39, 0.29) is 18.3 Å². The molecule has 1 amide bonds. The molecule has 5 nitrogen and oxygen atoms in total. The van der Waals surface area contributed by atoms with E-state index >= 15 is 0 Å². The van der Waals surface area contributed by atoms with Crippen LogP contribution in [0.3, 0.4) is 0 Å². The number of halogens is 2. The molecule has 0 radical (unpaired) electrons. The Morgan fingerprint density at radius 1 is 1.42 bits per heavy atom. The lowest BCUT2D eigenvalue weighted by molar-refractivity contribution is 0.0698. The Bertz CT molecular complexity index is 689. The van der Waals surface area contributed by atoms with Crippen LogP contribution in [-0.2, 0) is 6.54 Å². The Labute approximate surface area is 153 Å². The van der Waals surface area contributed by atoms with Crippen molar-refractivity contribution in [1.29, 1.82) is 0 Å². The maximum atomic E-state index is 12.6. The molecule has 1 fully saturated rings. The monoisotopic (exact) mass is 368 g/mol. The summed E-state index contributed by atoms with van der Waals surface area (Å²) in [5, 5.41) is 8.27. The Morgan fingerprint density at radius 3 is 2.96 bits per heavy atom.